The summed E-state index contributed by atoms with van der Waals surface area (Å²) in [5, 5.41) is 3.58. The smallest absolute Gasteiger partial charge is 0.0963 e. The van der Waals surface area contributed by atoms with Gasteiger partial charge in [0.15, 0.2) is 0 Å². The molecule has 1 aromatic heterocycles. The minimum absolute atomic E-state index is 0.285. The number of hydrogen-bond acceptors (Lipinski definition) is 3. The Morgan fingerprint density at radius 3 is 2.56 bits per heavy atom. The largest absolute Gasteiger partial charge is 0.328 e. The lowest BCUT2D eigenvalue weighted by molar-refractivity contribution is 0.346. The van der Waals surface area contributed by atoms with Gasteiger partial charge < -0.3 is 5.73 Å². The van der Waals surface area contributed by atoms with Crippen molar-refractivity contribution in [3.05, 3.63) is 39.7 Å². The first-order valence-electron chi connectivity index (χ1n) is 10.7. The van der Waals surface area contributed by atoms with Crippen LogP contribution in [0, 0.1) is 5.92 Å². The monoisotopic (exact) mass is 382 g/mol. The van der Waals surface area contributed by atoms with Crippen molar-refractivity contribution in [1.82, 2.24) is 4.98 Å². The summed E-state index contributed by atoms with van der Waals surface area (Å²) >= 11 is 1.84. The number of nitrogens with zero attached hydrogens (tertiary/aromatic N) is 1. The van der Waals surface area contributed by atoms with Crippen molar-refractivity contribution < 1.29 is 0 Å². The number of fused-ring (bicyclic) bond motifs is 1. The first-order valence-corrected chi connectivity index (χ1v) is 11.6. The van der Waals surface area contributed by atoms with Crippen molar-refractivity contribution in [2.75, 3.05) is 0 Å². The zero-order chi connectivity index (χ0) is 19.2. The van der Waals surface area contributed by atoms with Crippen molar-refractivity contribution >= 4 is 11.3 Å². The minimum Gasteiger partial charge on any atom is -0.328 e. The van der Waals surface area contributed by atoms with Gasteiger partial charge in [-0.2, -0.15) is 0 Å². The molecule has 1 fully saturated rings. The van der Waals surface area contributed by atoms with Gasteiger partial charge in [0.2, 0.25) is 0 Å². The van der Waals surface area contributed by atoms with E-state index < -0.39 is 0 Å². The van der Waals surface area contributed by atoms with Crippen molar-refractivity contribution in [2.45, 2.75) is 89.5 Å². The zero-order valence-electron chi connectivity index (χ0n) is 17.3. The number of thiazole rings is 1. The minimum atomic E-state index is 0.285. The van der Waals surface area contributed by atoms with Gasteiger partial charge in [-0.1, -0.05) is 39.8 Å². The maximum atomic E-state index is 6.08. The molecule has 1 saturated carbocycles. The van der Waals surface area contributed by atoms with Crippen LogP contribution in [0.5, 0.6) is 0 Å². The molecule has 2 N–H and O–H groups in total. The van der Waals surface area contributed by atoms with E-state index in [0.29, 0.717) is 23.8 Å². The molecule has 2 aromatic rings. The molecule has 1 unspecified atom stereocenters. The van der Waals surface area contributed by atoms with E-state index in [-0.39, 0.29) is 5.41 Å². The van der Waals surface area contributed by atoms with Crippen LogP contribution in [0.1, 0.15) is 94.2 Å². The molecule has 3 heteroatoms. The normalized spacial score (nSPS) is 27.6. The molecule has 0 radical (unpaired) electrons. The van der Waals surface area contributed by atoms with Crippen molar-refractivity contribution in [2.24, 2.45) is 11.7 Å². The van der Waals surface area contributed by atoms with Crippen LogP contribution in [0.3, 0.4) is 0 Å². The molecule has 146 valence electrons. The van der Waals surface area contributed by atoms with Crippen LogP contribution >= 0.6 is 11.3 Å². The van der Waals surface area contributed by atoms with Gasteiger partial charge in [-0.05, 0) is 73.0 Å². The van der Waals surface area contributed by atoms with Gasteiger partial charge in [0.1, 0.15) is 0 Å². The molecule has 1 aromatic carbocycles. The Hall–Kier alpha value is -1.19. The Balaban J connectivity index is 1.65. The first kappa shape index (κ1) is 19.1. The molecule has 2 aliphatic carbocycles. The molecule has 0 spiro atoms. The van der Waals surface area contributed by atoms with Crippen LogP contribution in [-0.2, 0) is 5.41 Å². The van der Waals surface area contributed by atoms with E-state index in [9.17, 15) is 0 Å². The summed E-state index contributed by atoms with van der Waals surface area (Å²) in [6.45, 7) is 9.54. The average molecular weight is 383 g/mol. The Morgan fingerprint density at radius 2 is 1.85 bits per heavy atom. The molecule has 0 saturated heterocycles. The fraction of sp³-hybridized carbons (Fsp3) is 0.625. The average Bonchev–Trinajstić information content (AvgIpc) is 3.12. The molecule has 0 bridgehead atoms. The molecule has 1 heterocycles. The van der Waals surface area contributed by atoms with Crippen LogP contribution in [0.2, 0.25) is 0 Å². The SMILES string of the molecule is CC(C)C1CCC(C)(C)c2ccc(-c3csc(C4CCC(N)CC4)n3)cc21. The Morgan fingerprint density at radius 1 is 1.11 bits per heavy atom. The molecule has 0 amide bonds. The van der Waals surface area contributed by atoms with Gasteiger partial charge >= 0.3 is 0 Å². The Bertz CT molecular complexity index is 796. The number of aromatic nitrogens is 1. The third-order valence-electron chi connectivity index (χ3n) is 7.00. The second-order valence-corrected chi connectivity index (χ2v) is 10.6. The maximum Gasteiger partial charge on any atom is 0.0963 e. The highest BCUT2D eigenvalue weighted by atomic mass is 32.1. The molecule has 4 rings (SSSR count). The quantitative estimate of drug-likeness (QED) is 0.649. The van der Waals surface area contributed by atoms with E-state index in [2.05, 4.69) is 51.3 Å². The summed E-state index contributed by atoms with van der Waals surface area (Å²) in [7, 11) is 0. The predicted molar refractivity (Wildman–Crippen MR) is 117 cm³/mol. The second kappa shape index (κ2) is 7.33. The second-order valence-electron chi connectivity index (χ2n) is 9.76. The molecule has 2 nitrogen and oxygen atoms in total. The summed E-state index contributed by atoms with van der Waals surface area (Å²) < 4.78 is 0. The third kappa shape index (κ3) is 3.73. The van der Waals surface area contributed by atoms with E-state index in [1.165, 1.54) is 41.9 Å². The van der Waals surface area contributed by atoms with E-state index in [4.69, 9.17) is 10.7 Å². The van der Waals surface area contributed by atoms with Crippen LogP contribution in [0.15, 0.2) is 23.6 Å². The van der Waals surface area contributed by atoms with Gasteiger partial charge in [-0.3, -0.25) is 0 Å². The first-order chi connectivity index (χ1) is 12.8. The summed E-state index contributed by atoms with van der Waals surface area (Å²) in [6, 6.07) is 7.55. The lowest BCUT2D eigenvalue weighted by atomic mass is 9.66. The molecular weight excluding hydrogens is 348 g/mol. The highest BCUT2D eigenvalue weighted by molar-refractivity contribution is 7.10. The fourth-order valence-corrected chi connectivity index (χ4v) is 6.12. The zero-order valence-corrected chi connectivity index (χ0v) is 18.1. The van der Waals surface area contributed by atoms with Gasteiger partial charge in [0, 0.05) is 22.9 Å². The Kier molecular flexibility index (Phi) is 5.20. The van der Waals surface area contributed by atoms with E-state index in [0.717, 1.165) is 12.8 Å². The topological polar surface area (TPSA) is 38.9 Å². The molecule has 0 aliphatic heterocycles. The van der Waals surface area contributed by atoms with Gasteiger partial charge in [-0.25, -0.2) is 4.98 Å². The highest BCUT2D eigenvalue weighted by Crippen LogP contribution is 2.46. The standard InChI is InChI=1S/C24H34N2S/c1-15(2)19-11-12-24(3,4)21-10-7-17(13-20(19)21)22-14-27-23(26-22)16-5-8-18(25)9-6-16/h7,10,13-16,18-19H,5-6,8-9,11-12,25H2,1-4H3. The Labute approximate surface area is 168 Å². The lowest BCUT2D eigenvalue weighted by Gasteiger charge is -2.39. The van der Waals surface area contributed by atoms with Crippen molar-refractivity contribution in [1.29, 1.82) is 0 Å². The number of hydrogen-bond donors (Lipinski definition) is 1. The lowest BCUT2D eigenvalue weighted by Crippen LogP contribution is -2.28. The van der Waals surface area contributed by atoms with Gasteiger partial charge in [-0.15, -0.1) is 11.3 Å². The summed E-state index contributed by atoms with van der Waals surface area (Å²) in [5.74, 6) is 1.97. The van der Waals surface area contributed by atoms with Crippen LogP contribution in [0.4, 0.5) is 0 Å². The third-order valence-corrected chi connectivity index (χ3v) is 8.01. The van der Waals surface area contributed by atoms with Crippen LogP contribution in [-0.4, -0.2) is 11.0 Å². The summed E-state index contributed by atoms with van der Waals surface area (Å²) in [4.78, 5) is 5.06. The van der Waals surface area contributed by atoms with Crippen LogP contribution in [0.25, 0.3) is 11.3 Å². The van der Waals surface area contributed by atoms with Crippen molar-refractivity contribution in [3.8, 4) is 11.3 Å². The molecule has 1 atom stereocenters. The molecule has 27 heavy (non-hydrogen) atoms. The van der Waals surface area contributed by atoms with Gasteiger partial charge in [0.25, 0.3) is 0 Å². The summed E-state index contributed by atoms with van der Waals surface area (Å²) in [6.07, 6.45) is 7.26. The van der Waals surface area contributed by atoms with E-state index in [1.54, 1.807) is 11.1 Å². The summed E-state index contributed by atoms with van der Waals surface area (Å²) in [5.41, 5.74) is 11.9. The highest BCUT2D eigenvalue weighted by Gasteiger charge is 2.34. The van der Waals surface area contributed by atoms with E-state index in [1.807, 2.05) is 11.3 Å². The van der Waals surface area contributed by atoms with E-state index >= 15 is 0 Å². The number of benzene rings is 1. The fourth-order valence-electron chi connectivity index (χ4n) is 5.12. The molecular formula is C24H34N2S. The van der Waals surface area contributed by atoms with Crippen LogP contribution < -0.4 is 5.73 Å². The predicted octanol–water partition coefficient (Wildman–Crippen LogP) is 6.61. The van der Waals surface area contributed by atoms with Crippen molar-refractivity contribution in [3.63, 3.8) is 0 Å². The van der Waals surface area contributed by atoms with Gasteiger partial charge in [0.05, 0.1) is 10.7 Å². The maximum absolute atomic E-state index is 6.08. The number of rotatable bonds is 3. The number of nitrogens with two attached hydrogens (primary N) is 1. The molecule has 2 aliphatic rings.